The molecule has 0 radical (unpaired) electrons. The molecule has 0 unspecified atom stereocenters. The summed E-state index contributed by atoms with van der Waals surface area (Å²) < 4.78 is 1.64. The molecule has 1 fully saturated rings. The lowest BCUT2D eigenvalue weighted by atomic mass is 10.2. The van der Waals surface area contributed by atoms with Crippen LogP contribution < -0.4 is 5.73 Å². The van der Waals surface area contributed by atoms with Gasteiger partial charge in [-0.15, -0.1) is 0 Å². The number of hydrogen-bond acceptors (Lipinski definition) is 4. The van der Waals surface area contributed by atoms with Gasteiger partial charge in [-0.2, -0.15) is 5.10 Å². The fourth-order valence-electron chi connectivity index (χ4n) is 1.93. The predicted octanol–water partition coefficient (Wildman–Crippen LogP) is 2.24. The molecule has 2 aromatic rings. The standard InChI is InChI=1S/C12H12N4O2/c13-9-5-10(7-11(6-9)16(17)18)15-4-3-12(14-15)8-1-2-8/h3-8H,1-2,13H2. The van der Waals surface area contributed by atoms with E-state index in [0.717, 1.165) is 5.69 Å². The van der Waals surface area contributed by atoms with Crippen molar-refractivity contribution < 1.29 is 4.92 Å². The molecule has 1 aliphatic carbocycles. The third-order valence-electron chi connectivity index (χ3n) is 3.01. The van der Waals surface area contributed by atoms with E-state index in [9.17, 15) is 10.1 Å². The number of anilines is 1. The van der Waals surface area contributed by atoms with Crippen LogP contribution in [-0.4, -0.2) is 14.7 Å². The summed E-state index contributed by atoms with van der Waals surface area (Å²) >= 11 is 0. The largest absolute Gasteiger partial charge is 0.398 e. The molecule has 1 heterocycles. The molecule has 6 heteroatoms. The fraction of sp³-hybridized carbons (Fsp3) is 0.250. The number of rotatable bonds is 3. The van der Waals surface area contributed by atoms with Gasteiger partial charge >= 0.3 is 0 Å². The van der Waals surface area contributed by atoms with Gasteiger partial charge in [-0.1, -0.05) is 0 Å². The van der Waals surface area contributed by atoms with Crippen LogP contribution in [0, 0.1) is 10.1 Å². The minimum absolute atomic E-state index is 0.0199. The summed E-state index contributed by atoms with van der Waals surface area (Å²) in [6, 6.07) is 6.44. The third-order valence-corrected chi connectivity index (χ3v) is 3.01. The van der Waals surface area contributed by atoms with E-state index in [4.69, 9.17) is 5.73 Å². The zero-order chi connectivity index (χ0) is 12.7. The molecule has 3 rings (SSSR count). The van der Waals surface area contributed by atoms with Crippen LogP contribution in [-0.2, 0) is 0 Å². The van der Waals surface area contributed by atoms with Crippen molar-refractivity contribution in [2.75, 3.05) is 5.73 Å². The zero-order valence-corrected chi connectivity index (χ0v) is 9.61. The fourth-order valence-corrected chi connectivity index (χ4v) is 1.93. The summed E-state index contributed by atoms with van der Waals surface area (Å²) in [6.45, 7) is 0. The maximum Gasteiger partial charge on any atom is 0.273 e. The maximum absolute atomic E-state index is 10.8. The molecule has 0 atom stereocenters. The van der Waals surface area contributed by atoms with Gasteiger partial charge in [-0.25, -0.2) is 4.68 Å². The molecule has 92 valence electrons. The molecule has 1 aromatic carbocycles. The molecule has 6 nitrogen and oxygen atoms in total. The molecular weight excluding hydrogens is 232 g/mol. The third kappa shape index (κ3) is 1.92. The van der Waals surface area contributed by atoms with E-state index in [0.29, 0.717) is 17.3 Å². The Hall–Kier alpha value is -2.37. The molecule has 0 saturated heterocycles. The van der Waals surface area contributed by atoms with Crippen molar-refractivity contribution in [1.29, 1.82) is 0 Å². The van der Waals surface area contributed by atoms with Crippen molar-refractivity contribution in [1.82, 2.24) is 9.78 Å². The predicted molar refractivity (Wildman–Crippen MR) is 66.6 cm³/mol. The van der Waals surface area contributed by atoms with Gasteiger partial charge in [0.25, 0.3) is 5.69 Å². The average Bonchev–Trinajstić information content (AvgIpc) is 3.06. The number of non-ortho nitro benzene ring substituents is 1. The van der Waals surface area contributed by atoms with E-state index in [-0.39, 0.29) is 5.69 Å². The van der Waals surface area contributed by atoms with Gasteiger partial charge < -0.3 is 5.73 Å². The minimum atomic E-state index is -0.453. The van der Waals surface area contributed by atoms with Crippen LogP contribution in [0.4, 0.5) is 11.4 Å². The van der Waals surface area contributed by atoms with Crippen molar-refractivity contribution in [2.45, 2.75) is 18.8 Å². The topological polar surface area (TPSA) is 87.0 Å². The van der Waals surface area contributed by atoms with Crippen LogP contribution in [0.3, 0.4) is 0 Å². The number of nitro groups is 1. The van der Waals surface area contributed by atoms with Gasteiger partial charge in [0.05, 0.1) is 16.3 Å². The van der Waals surface area contributed by atoms with Crippen LogP contribution in [0.25, 0.3) is 5.69 Å². The van der Waals surface area contributed by atoms with Crippen molar-refractivity contribution in [3.63, 3.8) is 0 Å². The Morgan fingerprint density at radius 2 is 2.17 bits per heavy atom. The SMILES string of the molecule is Nc1cc(-n2ccc(C3CC3)n2)cc([N+](=O)[O-])c1. The van der Waals surface area contributed by atoms with E-state index in [1.54, 1.807) is 10.7 Å². The molecule has 2 N–H and O–H groups in total. The van der Waals surface area contributed by atoms with E-state index in [2.05, 4.69) is 5.10 Å². The Balaban J connectivity index is 2.01. The Labute approximate surface area is 103 Å². The Morgan fingerprint density at radius 3 is 2.83 bits per heavy atom. The Bertz CT molecular complexity index is 616. The summed E-state index contributed by atoms with van der Waals surface area (Å²) in [5, 5.41) is 15.2. The van der Waals surface area contributed by atoms with E-state index in [1.807, 2.05) is 12.3 Å². The van der Waals surface area contributed by atoms with Crippen LogP contribution in [0.15, 0.2) is 30.5 Å². The molecule has 0 amide bonds. The summed E-state index contributed by atoms with van der Waals surface area (Å²) in [5.41, 5.74) is 7.67. The lowest BCUT2D eigenvalue weighted by molar-refractivity contribution is -0.384. The zero-order valence-electron chi connectivity index (χ0n) is 9.61. The molecular formula is C12H12N4O2. The van der Waals surface area contributed by atoms with Crippen molar-refractivity contribution in [3.05, 3.63) is 46.3 Å². The smallest absolute Gasteiger partial charge is 0.273 e. The lowest BCUT2D eigenvalue weighted by Crippen LogP contribution is -1.99. The van der Waals surface area contributed by atoms with Gasteiger partial charge in [0.15, 0.2) is 0 Å². The molecule has 18 heavy (non-hydrogen) atoms. The van der Waals surface area contributed by atoms with Crippen molar-refractivity contribution in [3.8, 4) is 5.69 Å². The summed E-state index contributed by atoms with van der Waals surface area (Å²) in [5.74, 6) is 0.558. The summed E-state index contributed by atoms with van der Waals surface area (Å²) in [7, 11) is 0. The van der Waals surface area contributed by atoms with Gasteiger partial charge in [0.1, 0.15) is 0 Å². The highest BCUT2D eigenvalue weighted by Gasteiger charge is 2.26. The minimum Gasteiger partial charge on any atom is -0.398 e. The first-order valence-electron chi connectivity index (χ1n) is 5.74. The molecule has 1 aliphatic rings. The number of aromatic nitrogens is 2. The Kier molecular flexibility index (Phi) is 2.29. The van der Waals surface area contributed by atoms with Gasteiger partial charge in [0.2, 0.25) is 0 Å². The van der Waals surface area contributed by atoms with Crippen LogP contribution >= 0.6 is 0 Å². The Morgan fingerprint density at radius 1 is 1.39 bits per heavy atom. The second-order valence-corrected chi connectivity index (χ2v) is 4.50. The molecule has 0 bridgehead atoms. The maximum atomic E-state index is 10.8. The van der Waals surface area contributed by atoms with E-state index in [1.165, 1.54) is 25.0 Å². The quantitative estimate of drug-likeness (QED) is 0.509. The number of nitrogen functional groups attached to an aromatic ring is 1. The van der Waals surface area contributed by atoms with Gasteiger partial charge in [-0.3, -0.25) is 10.1 Å². The van der Waals surface area contributed by atoms with Crippen molar-refractivity contribution in [2.24, 2.45) is 0 Å². The number of nitrogens with zero attached hydrogens (tertiary/aromatic N) is 3. The van der Waals surface area contributed by atoms with Crippen LogP contribution in [0.1, 0.15) is 24.5 Å². The second-order valence-electron chi connectivity index (χ2n) is 4.50. The van der Waals surface area contributed by atoms with Crippen LogP contribution in [0.5, 0.6) is 0 Å². The number of nitrogens with two attached hydrogens (primary N) is 1. The van der Waals surface area contributed by atoms with E-state index < -0.39 is 4.92 Å². The highest BCUT2D eigenvalue weighted by Crippen LogP contribution is 2.39. The van der Waals surface area contributed by atoms with Crippen molar-refractivity contribution >= 4 is 11.4 Å². The highest BCUT2D eigenvalue weighted by atomic mass is 16.6. The lowest BCUT2D eigenvalue weighted by Gasteiger charge is -2.03. The van der Waals surface area contributed by atoms with Crippen LogP contribution in [0.2, 0.25) is 0 Å². The summed E-state index contributed by atoms with van der Waals surface area (Å²) in [4.78, 5) is 10.3. The molecule has 0 aliphatic heterocycles. The number of benzene rings is 1. The molecule has 1 saturated carbocycles. The first-order valence-corrected chi connectivity index (χ1v) is 5.74. The molecule has 0 spiro atoms. The summed E-state index contributed by atoms with van der Waals surface area (Å²) in [6.07, 6.45) is 4.16. The molecule has 1 aromatic heterocycles. The van der Waals surface area contributed by atoms with E-state index >= 15 is 0 Å². The first kappa shape index (κ1) is 10.8. The number of nitro benzene ring substituents is 1. The second kappa shape index (κ2) is 3.83. The monoisotopic (exact) mass is 244 g/mol. The first-order chi connectivity index (χ1) is 8.63. The highest BCUT2D eigenvalue weighted by molar-refractivity contribution is 5.56. The van der Waals surface area contributed by atoms with Gasteiger partial charge in [-0.05, 0) is 25.0 Å². The van der Waals surface area contributed by atoms with Gasteiger partial charge in [0, 0.05) is 29.9 Å². The average molecular weight is 244 g/mol. The number of hydrogen-bond donors (Lipinski definition) is 1. The normalized spacial score (nSPS) is 14.7.